The Morgan fingerprint density at radius 3 is 2.50 bits per heavy atom. The van der Waals surface area contributed by atoms with Crippen LogP contribution in [0, 0.1) is 0 Å². The first-order valence-electron chi connectivity index (χ1n) is 6.22. The SMILES string of the molecule is CCNCc1ccc(Sc2cc(Cl)ccc2Cl)cc1Cl. The number of hydrogen-bond acceptors (Lipinski definition) is 2. The van der Waals surface area contributed by atoms with Crippen molar-refractivity contribution in [1.29, 1.82) is 0 Å². The van der Waals surface area contributed by atoms with E-state index in [1.165, 1.54) is 0 Å². The van der Waals surface area contributed by atoms with Crippen molar-refractivity contribution in [2.75, 3.05) is 6.54 Å². The average Bonchev–Trinajstić information content (AvgIpc) is 2.42. The molecular formula is C15H14Cl3NS. The molecule has 0 aliphatic heterocycles. The van der Waals surface area contributed by atoms with Crippen LogP contribution in [0.4, 0.5) is 0 Å². The first-order valence-corrected chi connectivity index (χ1v) is 8.17. The van der Waals surface area contributed by atoms with Gasteiger partial charge in [-0.15, -0.1) is 0 Å². The zero-order chi connectivity index (χ0) is 14.5. The number of rotatable bonds is 5. The van der Waals surface area contributed by atoms with E-state index in [4.69, 9.17) is 34.8 Å². The van der Waals surface area contributed by atoms with Crippen molar-refractivity contribution in [2.45, 2.75) is 23.3 Å². The van der Waals surface area contributed by atoms with E-state index in [0.717, 1.165) is 33.5 Å². The third-order valence-corrected chi connectivity index (χ3v) is 4.79. The Morgan fingerprint density at radius 2 is 1.80 bits per heavy atom. The molecule has 0 atom stereocenters. The fourth-order valence-electron chi connectivity index (χ4n) is 1.68. The minimum absolute atomic E-state index is 0.673. The number of halogens is 3. The lowest BCUT2D eigenvalue weighted by atomic mass is 10.2. The molecule has 2 rings (SSSR count). The Balaban J connectivity index is 2.17. The molecule has 0 saturated carbocycles. The van der Waals surface area contributed by atoms with E-state index in [0.29, 0.717) is 10.0 Å². The van der Waals surface area contributed by atoms with Crippen LogP contribution in [0.25, 0.3) is 0 Å². The topological polar surface area (TPSA) is 12.0 Å². The number of nitrogens with one attached hydrogen (secondary N) is 1. The highest BCUT2D eigenvalue weighted by molar-refractivity contribution is 7.99. The second-order valence-corrected chi connectivity index (χ2v) is 6.58. The normalized spacial score (nSPS) is 10.8. The summed E-state index contributed by atoms with van der Waals surface area (Å²) < 4.78 is 0. The molecule has 106 valence electrons. The Bertz CT molecular complexity index is 602. The fraction of sp³-hybridized carbons (Fsp3) is 0.200. The Morgan fingerprint density at radius 1 is 1.00 bits per heavy atom. The average molecular weight is 347 g/mol. The van der Waals surface area contributed by atoms with Gasteiger partial charge in [-0.3, -0.25) is 0 Å². The van der Waals surface area contributed by atoms with Gasteiger partial charge in [0.25, 0.3) is 0 Å². The zero-order valence-corrected chi connectivity index (χ0v) is 14.0. The minimum Gasteiger partial charge on any atom is -0.313 e. The molecule has 2 aromatic carbocycles. The second-order valence-electron chi connectivity index (χ2n) is 4.21. The van der Waals surface area contributed by atoms with Gasteiger partial charge >= 0.3 is 0 Å². The van der Waals surface area contributed by atoms with Gasteiger partial charge in [-0.2, -0.15) is 0 Å². The quantitative estimate of drug-likeness (QED) is 0.722. The fourth-order valence-corrected chi connectivity index (χ4v) is 3.38. The van der Waals surface area contributed by atoms with Crippen LogP contribution < -0.4 is 5.32 Å². The maximum Gasteiger partial charge on any atom is 0.0546 e. The van der Waals surface area contributed by atoms with Crippen molar-refractivity contribution in [3.8, 4) is 0 Å². The molecule has 0 spiro atoms. The second kappa shape index (κ2) is 7.58. The minimum atomic E-state index is 0.673. The van der Waals surface area contributed by atoms with Crippen LogP contribution in [-0.2, 0) is 6.54 Å². The van der Waals surface area contributed by atoms with E-state index in [2.05, 4.69) is 12.2 Å². The van der Waals surface area contributed by atoms with E-state index in [-0.39, 0.29) is 0 Å². The van der Waals surface area contributed by atoms with E-state index < -0.39 is 0 Å². The highest BCUT2D eigenvalue weighted by Gasteiger charge is 2.06. The lowest BCUT2D eigenvalue weighted by Gasteiger charge is -2.08. The molecular weight excluding hydrogens is 333 g/mol. The summed E-state index contributed by atoms with van der Waals surface area (Å²) >= 11 is 20.0. The lowest BCUT2D eigenvalue weighted by Crippen LogP contribution is -2.11. The van der Waals surface area contributed by atoms with Crippen molar-refractivity contribution in [2.24, 2.45) is 0 Å². The lowest BCUT2D eigenvalue weighted by molar-refractivity contribution is 0.726. The predicted octanol–water partition coefficient (Wildman–Crippen LogP) is 5.91. The van der Waals surface area contributed by atoms with Gasteiger partial charge in [0.1, 0.15) is 0 Å². The van der Waals surface area contributed by atoms with E-state index in [9.17, 15) is 0 Å². The largest absolute Gasteiger partial charge is 0.313 e. The molecule has 0 unspecified atom stereocenters. The molecule has 1 N–H and O–H groups in total. The summed E-state index contributed by atoms with van der Waals surface area (Å²) in [5, 5.41) is 5.38. The van der Waals surface area contributed by atoms with Crippen LogP contribution in [0.1, 0.15) is 12.5 Å². The monoisotopic (exact) mass is 345 g/mol. The molecule has 0 amide bonds. The number of benzene rings is 2. The third kappa shape index (κ3) is 4.31. The zero-order valence-electron chi connectivity index (χ0n) is 10.9. The summed E-state index contributed by atoms with van der Waals surface area (Å²) in [6, 6.07) is 11.5. The summed E-state index contributed by atoms with van der Waals surface area (Å²) in [5.74, 6) is 0. The summed E-state index contributed by atoms with van der Waals surface area (Å²) in [4.78, 5) is 1.97. The first-order chi connectivity index (χ1) is 9.60. The highest BCUT2D eigenvalue weighted by Crippen LogP contribution is 2.36. The molecule has 0 saturated heterocycles. The maximum atomic E-state index is 6.29. The van der Waals surface area contributed by atoms with E-state index in [1.807, 2.05) is 24.3 Å². The smallest absolute Gasteiger partial charge is 0.0546 e. The van der Waals surface area contributed by atoms with Crippen LogP contribution >= 0.6 is 46.6 Å². The van der Waals surface area contributed by atoms with Crippen molar-refractivity contribution in [1.82, 2.24) is 5.32 Å². The van der Waals surface area contributed by atoms with Gasteiger partial charge in [-0.1, -0.05) is 59.6 Å². The van der Waals surface area contributed by atoms with Crippen LogP contribution in [-0.4, -0.2) is 6.54 Å². The Hall–Kier alpha value is -0.380. The van der Waals surface area contributed by atoms with Crippen molar-refractivity contribution >= 4 is 46.6 Å². The van der Waals surface area contributed by atoms with Gasteiger partial charge in [-0.25, -0.2) is 0 Å². The summed E-state index contributed by atoms with van der Waals surface area (Å²) in [6.07, 6.45) is 0. The molecule has 20 heavy (non-hydrogen) atoms. The molecule has 0 aliphatic carbocycles. The van der Waals surface area contributed by atoms with Gasteiger partial charge in [0.15, 0.2) is 0 Å². The highest BCUT2D eigenvalue weighted by atomic mass is 35.5. The number of hydrogen-bond donors (Lipinski definition) is 1. The predicted molar refractivity (Wildman–Crippen MR) is 89.4 cm³/mol. The van der Waals surface area contributed by atoms with Crippen LogP contribution in [0.2, 0.25) is 15.1 Å². The van der Waals surface area contributed by atoms with Crippen molar-refractivity contribution in [3.63, 3.8) is 0 Å². The molecule has 0 radical (unpaired) electrons. The van der Waals surface area contributed by atoms with Gasteiger partial charge < -0.3 is 5.32 Å². The summed E-state index contributed by atoms with van der Waals surface area (Å²) in [6.45, 7) is 3.77. The Labute approximate surface area is 138 Å². The molecule has 1 nitrogen and oxygen atoms in total. The van der Waals surface area contributed by atoms with Crippen molar-refractivity contribution in [3.05, 3.63) is 57.0 Å². The van der Waals surface area contributed by atoms with Crippen LogP contribution in [0.3, 0.4) is 0 Å². The molecule has 5 heteroatoms. The standard InChI is InChI=1S/C15H14Cl3NS/c1-2-19-9-10-3-5-12(8-14(10)18)20-15-7-11(16)4-6-13(15)17/h3-8,19H,2,9H2,1H3. The maximum absolute atomic E-state index is 6.29. The molecule has 0 aromatic heterocycles. The van der Waals surface area contributed by atoms with E-state index in [1.54, 1.807) is 23.9 Å². The molecule has 0 bridgehead atoms. The molecule has 0 aliphatic rings. The van der Waals surface area contributed by atoms with Gasteiger partial charge in [0.2, 0.25) is 0 Å². The van der Waals surface area contributed by atoms with E-state index >= 15 is 0 Å². The summed E-state index contributed by atoms with van der Waals surface area (Å²) in [5.41, 5.74) is 1.09. The van der Waals surface area contributed by atoms with Crippen molar-refractivity contribution < 1.29 is 0 Å². The van der Waals surface area contributed by atoms with Crippen LogP contribution in [0.15, 0.2) is 46.2 Å². The Kier molecular flexibility index (Phi) is 6.06. The molecule has 0 fully saturated rings. The van der Waals surface area contributed by atoms with Crippen LogP contribution in [0.5, 0.6) is 0 Å². The first kappa shape index (κ1) is 16.0. The molecule has 0 heterocycles. The summed E-state index contributed by atoms with van der Waals surface area (Å²) in [7, 11) is 0. The van der Waals surface area contributed by atoms with Gasteiger partial charge in [-0.05, 0) is 42.4 Å². The van der Waals surface area contributed by atoms with Gasteiger partial charge in [0.05, 0.1) is 5.02 Å². The van der Waals surface area contributed by atoms with Gasteiger partial charge in [0, 0.05) is 26.4 Å². The third-order valence-electron chi connectivity index (χ3n) is 2.71. The molecule has 2 aromatic rings.